The van der Waals surface area contributed by atoms with Crippen LogP contribution in [-0.4, -0.2) is 22.2 Å². The lowest BCUT2D eigenvalue weighted by Crippen LogP contribution is -2.33. The third-order valence-corrected chi connectivity index (χ3v) is 4.49. The Bertz CT molecular complexity index is 1280. The summed E-state index contributed by atoms with van der Waals surface area (Å²) >= 11 is 0. The number of carbonyl (C=O) groups is 3. The highest BCUT2D eigenvalue weighted by Gasteiger charge is 2.35. The van der Waals surface area contributed by atoms with Gasteiger partial charge in [0, 0.05) is 11.0 Å². The van der Waals surface area contributed by atoms with Gasteiger partial charge in [0.1, 0.15) is 5.52 Å². The molecule has 0 aliphatic carbocycles. The lowest BCUT2D eigenvalue weighted by atomic mass is 10.1. The largest absolute Gasteiger partial charge is 0.805 e. The SMILES string of the molecule is Cc1c(C(=O)CC(=O)C(=O)Nc2ccccc2C(F)(F)F)[n+](=O)c2ccccc2n1[O-]. The van der Waals surface area contributed by atoms with Crippen LogP contribution < -0.4 is 9.74 Å². The van der Waals surface area contributed by atoms with E-state index >= 15 is 0 Å². The Labute approximate surface area is 172 Å². The fraction of sp³-hybridized carbons (Fsp3) is 0.150. The molecule has 31 heavy (non-hydrogen) atoms. The molecule has 0 saturated heterocycles. The maximum absolute atomic E-state index is 13.0. The van der Waals surface area contributed by atoms with Crippen LogP contribution in [0.3, 0.4) is 0 Å². The van der Waals surface area contributed by atoms with Crippen molar-refractivity contribution >= 4 is 34.2 Å². The first-order chi connectivity index (χ1) is 14.5. The van der Waals surface area contributed by atoms with Crippen LogP contribution in [0.2, 0.25) is 0 Å². The van der Waals surface area contributed by atoms with E-state index in [-0.39, 0.29) is 21.2 Å². The molecule has 2 aromatic carbocycles. The van der Waals surface area contributed by atoms with Gasteiger partial charge in [0.25, 0.3) is 11.4 Å². The van der Waals surface area contributed by atoms with E-state index in [1.54, 1.807) is 0 Å². The van der Waals surface area contributed by atoms with Gasteiger partial charge in [-0.3, -0.25) is 14.4 Å². The van der Waals surface area contributed by atoms with E-state index in [0.717, 1.165) is 18.2 Å². The average Bonchev–Trinajstić information content (AvgIpc) is 2.71. The van der Waals surface area contributed by atoms with Crippen LogP contribution >= 0.6 is 0 Å². The van der Waals surface area contributed by atoms with Crippen LogP contribution in [0.1, 0.15) is 28.2 Å². The monoisotopic (exact) mass is 433 g/mol. The number of benzene rings is 2. The molecule has 0 aliphatic heterocycles. The Morgan fingerprint density at radius 3 is 2.35 bits per heavy atom. The number of amides is 1. The van der Waals surface area contributed by atoms with Gasteiger partial charge in [-0.25, -0.2) is 0 Å². The van der Waals surface area contributed by atoms with E-state index in [1.807, 2.05) is 5.32 Å². The maximum Gasteiger partial charge on any atom is 0.418 e. The third-order valence-electron chi connectivity index (χ3n) is 4.49. The summed E-state index contributed by atoms with van der Waals surface area (Å²) in [5, 5.41) is 14.2. The first kappa shape index (κ1) is 21.7. The Morgan fingerprint density at radius 2 is 1.68 bits per heavy atom. The fourth-order valence-electron chi connectivity index (χ4n) is 3.01. The Kier molecular flexibility index (Phi) is 5.60. The zero-order valence-corrected chi connectivity index (χ0v) is 15.9. The van der Waals surface area contributed by atoms with Crippen LogP contribution in [0.25, 0.3) is 11.0 Å². The molecule has 1 amide bonds. The van der Waals surface area contributed by atoms with Crippen molar-refractivity contribution in [2.75, 3.05) is 5.32 Å². The number of Topliss-reactive ketones (excluding diaryl/α,β-unsaturated/α-hetero) is 2. The molecule has 8 nitrogen and oxygen atoms in total. The summed E-state index contributed by atoms with van der Waals surface area (Å²) in [6, 6.07) is 9.67. The van der Waals surface area contributed by atoms with Crippen molar-refractivity contribution in [2.45, 2.75) is 19.5 Å². The average molecular weight is 433 g/mol. The molecule has 0 radical (unpaired) electrons. The zero-order chi connectivity index (χ0) is 22.9. The number of nitrogens with one attached hydrogen (secondary N) is 1. The number of carbonyl (C=O) groups excluding carboxylic acids is 3. The van der Waals surface area contributed by atoms with Gasteiger partial charge < -0.3 is 15.3 Å². The van der Waals surface area contributed by atoms with Crippen molar-refractivity contribution in [1.82, 2.24) is 4.73 Å². The van der Waals surface area contributed by atoms with Crippen LogP contribution in [-0.2, 0) is 15.8 Å². The number of nitrogens with zero attached hydrogens (tertiary/aromatic N) is 2. The van der Waals surface area contributed by atoms with Crippen molar-refractivity contribution in [1.29, 1.82) is 0 Å². The molecule has 3 rings (SSSR count). The third kappa shape index (κ3) is 4.15. The number of rotatable bonds is 5. The Hall–Kier alpha value is -4.02. The Morgan fingerprint density at radius 1 is 1.06 bits per heavy atom. The topological polar surface area (TPSA) is 114 Å². The van der Waals surface area contributed by atoms with Gasteiger partial charge in [0.15, 0.2) is 0 Å². The molecular weight excluding hydrogens is 419 g/mol. The van der Waals surface area contributed by atoms with Crippen molar-refractivity contribution < 1.29 is 32.0 Å². The Balaban J connectivity index is 1.86. The molecule has 1 N–H and O–H groups in total. The molecule has 0 saturated carbocycles. The minimum absolute atomic E-state index is 0.000577. The van der Waals surface area contributed by atoms with Gasteiger partial charge in [-0.2, -0.15) is 13.2 Å². The highest BCUT2D eigenvalue weighted by Crippen LogP contribution is 2.34. The second-order valence-electron chi connectivity index (χ2n) is 6.53. The number of fused-ring (bicyclic) bond motifs is 1. The molecule has 0 unspecified atom stereocenters. The first-order valence-corrected chi connectivity index (χ1v) is 8.80. The van der Waals surface area contributed by atoms with Gasteiger partial charge in [-0.1, -0.05) is 24.3 Å². The van der Waals surface area contributed by atoms with Crippen LogP contribution in [0.4, 0.5) is 18.9 Å². The van der Waals surface area contributed by atoms with E-state index < -0.39 is 47.0 Å². The second-order valence-corrected chi connectivity index (χ2v) is 6.53. The number of ketones is 2. The zero-order valence-electron chi connectivity index (χ0n) is 15.9. The summed E-state index contributed by atoms with van der Waals surface area (Å²) in [5.41, 5.74) is -2.86. The van der Waals surface area contributed by atoms with Crippen molar-refractivity contribution in [3.8, 4) is 0 Å². The smallest absolute Gasteiger partial charge is 0.418 e. The highest BCUT2D eigenvalue weighted by molar-refractivity contribution is 6.44. The molecule has 160 valence electrons. The summed E-state index contributed by atoms with van der Waals surface area (Å²) in [6.07, 6.45) is -5.89. The van der Waals surface area contributed by atoms with Gasteiger partial charge in [0.05, 0.1) is 27.8 Å². The predicted molar refractivity (Wildman–Crippen MR) is 103 cm³/mol. The molecule has 0 fully saturated rings. The van der Waals surface area contributed by atoms with Crippen LogP contribution in [0.5, 0.6) is 0 Å². The number of halogens is 3. The fourth-order valence-corrected chi connectivity index (χ4v) is 3.01. The summed E-state index contributed by atoms with van der Waals surface area (Å²) in [7, 11) is 0. The number of aromatic nitrogens is 2. The quantitative estimate of drug-likeness (QED) is 0.288. The normalized spacial score (nSPS) is 11.4. The summed E-state index contributed by atoms with van der Waals surface area (Å²) in [5.74, 6) is -3.95. The van der Waals surface area contributed by atoms with Gasteiger partial charge in [-0.15, -0.1) is 0 Å². The van der Waals surface area contributed by atoms with Gasteiger partial charge >= 0.3 is 11.9 Å². The second kappa shape index (κ2) is 8.01. The van der Waals surface area contributed by atoms with E-state index in [0.29, 0.717) is 4.73 Å². The van der Waals surface area contributed by atoms with E-state index in [2.05, 4.69) is 0 Å². The summed E-state index contributed by atoms with van der Waals surface area (Å²) < 4.78 is 39.6. The predicted octanol–water partition coefficient (Wildman–Crippen LogP) is 3.01. The van der Waals surface area contributed by atoms with Crippen LogP contribution in [0.15, 0.2) is 48.5 Å². The number of para-hydroxylation sites is 3. The van der Waals surface area contributed by atoms with Gasteiger partial charge in [-0.05, 0) is 25.1 Å². The van der Waals surface area contributed by atoms with E-state index in [9.17, 15) is 37.7 Å². The molecule has 3 aromatic rings. The van der Waals surface area contributed by atoms with Crippen LogP contribution in [0, 0.1) is 17.0 Å². The summed E-state index contributed by atoms with van der Waals surface area (Å²) in [4.78, 5) is 49.3. The van der Waals surface area contributed by atoms with E-state index in [4.69, 9.17) is 0 Å². The van der Waals surface area contributed by atoms with E-state index in [1.165, 1.54) is 37.3 Å². The molecule has 1 aromatic heterocycles. The molecule has 0 aliphatic rings. The molecule has 0 atom stereocenters. The van der Waals surface area contributed by atoms with Crippen molar-refractivity contribution in [3.63, 3.8) is 0 Å². The number of anilines is 1. The molecule has 0 spiro atoms. The number of alkyl halides is 3. The maximum atomic E-state index is 13.0. The highest BCUT2D eigenvalue weighted by atomic mass is 19.4. The lowest BCUT2D eigenvalue weighted by molar-refractivity contribution is -0.468. The first-order valence-electron chi connectivity index (χ1n) is 8.80. The minimum Gasteiger partial charge on any atom is -0.805 e. The van der Waals surface area contributed by atoms with Crippen molar-refractivity contribution in [3.05, 3.63) is 75.6 Å². The van der Waals surface area contributed by atoms with Gasteiger partial charge in [0.2, 0.25) is 11.6 Å². The molecule has 11 heteroatoms. The number of hydrogen-bond acceptors (Lipinski definition) is 5. The lowest BCUT2D eigenvalue weighted by Gasteiger charge is -2.16. The molecule has 0 bridgehead atoms. The molecule has 1 heterocycles. The molecular formula is C20H14F3N3O5. The standard InChI is InChI=1S/C20H14F3N3O5/c1-11-18(26(31)15-9-5-4-8-14(15)25(11)30)16(27)10-17(28)19(29)24-13-7-3-2-6-12(13)20(21,22)23/h2-9H,10H2,1H3,(H,24,29). The summed E-state index contributed by atoms with van der Waals surface area (Å²) in [6.45, 7) is 1.20. The number of hydrogen-bond donors (Lipinski definition) is 1. The van der Waals surface area contributed by atoms with Crippen molar-refractivity contribution in [2.24, 2.45) is 0 Å². The minimum atomic E-state index is -4.78.